The Hall–Kier alpha value is -0.340. The molecule has 9 heavy (non-hydrogen) atoms. The Bertz CT molecular complexity index is 101. The van der Waals surface area contributed by atoms with Crippen LogP contribution in [0.1, 0.15) is 0 Å². The zero-order valence-corrected chi connectivity index (χ0v) is 5.93. The summed E-state index contributed by atoms with van der Waals surface area (Å²) >= 11 is 0. The lowest BCUT2D eigenvalue weighted by molar-refractivity contribution is 0.261. The van der Waals surface area contributed by atoms with Gasteiger partial charge in [-0.3, -0.25) is 0 Å². The predicted octanol–water partition coefficient (Wildman–Crippen LogP) is 0.0760. The molecule has 0 aromatic heterocycles. The first-order chi connectivity index (χ1) is 4.33. The lowest BCUT2D eigenvalue weighted by Crippen LogP contribution is -2.47. The van der Waals surface area contributed by atoms with Crippen molar-refractivity contribution >= 4 is 0 Å². The van der Waals surface area contributed by atoms with Gasteiger partial charge < -0.3 is 10.2 Å². The third-order valence-electron chi connectivity index (χ3n) is 1.69. The van der Waals surface area contributed by atoms with Crippen molar-refractivity contribution in [3.63, 3.8) is 0 Å². The highest BCUT2D eigenvalue weighted by Gasteiger charge is 2.11. The average Bonchev–Trinajstić information content (AvgIpc) is 1.88. The molecule has 1 heterocycles. The molecule has 0 aromatic rings. The Labute approximate surface area is 56.5 Å². The molecular formula is C7H14N2. The van der Waals surface area contributed by atoms with Gasteiger partial charge in [0.25, 0.3) is 0 Å². The number of hydrogen-bond acceptors (Lipinski definition) is 2. The van der Waals surface area contributed by atoms with Crippen LogP contribution in [0.4, 0.5) is 0 Å². The van der Waals surface area contributed by atoms with E-state index in [-0.39, 0.29) is 0 Å². The number of nitrogens with one attached hydrogen (secondary N) is 1. The van der Waals surface area contributed by atoms with Gasteiger partial charge in [-0.1, -0.05) is 6.08 Å². The molecule has 52 valence electrons. The lowest BCUT2D eigenvalue weighted by atomic mass is 10.2. The maximum Gasteiger partial charge on any atom is 0.0376 e. The zero-order chi connectivity index (χ0) is 6.69. The normalized spacial score (nSPS) is 30.1. The van der Waals surface area contributed by atoms with Crippen molar-refractivity contribution in [1.29, 1.82) is 0 Å². The van der Waals surface area contributed by atoms with Gasteiger partial charge in [-0.2, -0.15) is 0 Å². The fourth-order valence-corrected chi connectivity index (χ4v) is 1.09. The molecule has 1 aliphatic rings. The molecule has 1 N–H and O–H groups in total. The van der Waals surface area contributed by atoms with Crippen LogP contribution in [0.5, 0.6) is 0 Å². The highest BCUT2D eigenvalue weighted by atomic mass is 15.2. The van der Waals surface area contributed by atoms with Crippen LogP contribution in [-0.4, -0.2) is 37.6 Å². The Morgan fingerprint density at radius 2 is 2.56 bits per heavy atom. The molecule has 0 saturated carbocycles. The van der Waals surface area contributed by atoms with Crippen LogP contribution in [0.3, 0.4) is 0 Å². The first kappa shape index (κ1) is 6.78. The van der Waals surface area contributed by atoms with Gasteiger partial charge >= 0.3 is 0 Å². The van der Waals surface area contributed by atoms with Gasteiger partial charge in [-0.05, 0) is 7.05 Å². The Morgan fingerprint density at radius 1 is 1.78 bits per heavy atom. The molecule has 1 rings (SSSR count). The summed E-state index contributed by atoms with van der Waals surface area (Å²) in [6, 6.07) is 0.503. The van der Waals surface area contributed by atoms with E-state index < -0.39 is 0 Å². The first-order valence-corrected chi connectivity index (χ1v) is 3.37. The number of nitrogens with zero attached hydrogens (tertiary/aromatic N) is 1. The molecule has 1 aliphatic heterocycles. The Kier molecular flexibility index (Phi) is 2.25. The molecule has 0 bridgehead atoms. The minimum atomic E-state index is 0.503. The summed E-state index contributed by atoms with van der Waals surface area (Å²) in [5, 5.41) is 3.34. The minimum absolute atomic E-state index is 0.503. The summed E-state index contributed by atoms with van der Waals surface area (Å²) < 4.78 is 0. The van der Waals surface area contributed by atoms with Gasteiger partial charge in [0.05, 0.1) is 0 Å². The minimum Gasteiger partial charge on any atom is -0.308 e. The standard InChI is InChI=1S/C7H14N2/c1-3-7-6-9(2)5-4-8-7/h3,7-8H,1,4-6H2,2H3/t7-/m0/s1. The fraction of sp³-hybridized carbons (Fsp3) is 0.714. The van der Waals surface area contributed by atoms with E-state index in [1.807, 2.05) is 6.08 Å². The SMILES string of the molecule is C=C[C@H]1CN(C)CCN1. The van der Waals surface area contributed by atoms with Crippen molar-refractivity contribution < 1.29 is 0 Å². The molecule has 0 spiro atoms. The quantitative estimate of drug-likeness (QED) is 0.500. The van der Waals surface area contributed by atoms with Crippen LogP contribution in [-0.2, 0) is 0 Å². The molecule has 0 aromatic carbocycles. The third kappa shape index (κ3) is 1.80. The zero-order valence-electron chi connectivity index (χ0n) is 5.93. The van der Waals surface area contributed by atoms with E-state index in [1.54, 1.807) is 0 Å². The van der Waals surface area contributed by atoms with Crippen LogP contribution in [0, 0.1) is 0 Å². The summed E-state index contributed by atoms with van der Waals surface area (Å²) in [5.74, 6) is 0. The molecule has 1 fully saturated rings. The second-order valence-corrected chi connectivity index (χ2v) is 2.56. The predicted molar refractivity (Wildman–Crippen MR) is 39.5 cm³/mol. The molecule has 2 heteroatoms. The van der Waals surface area contributed by atoms with Gasteiger partial charge in [0, 0.05) is 25.7 Å². The highest BCUT2D eigenvalue weighted by Crippen LogP contribution is 1.94. The van der Waals surface area contributed by atoms with E-state index in [2.05, 4.69) is 23.8 Å². The van der Waals surface area contributed by atoms with Crippen LogP contribution >= 0.6 is 0 Å². The first-order valence-electron chi connectivity index (χ1n) is 3.37. The lowest BCUT2D eigenvalue weighted by Gasteiger charge is -2.28. The number of hydrogen-bond donors (Lipinski definition) is 1. The van der Waals surface area contributed by atoms with E-state index in [9.17, 15) is 0 Å². The monoisotopic (exact) mass is 126 g/mol. The summed E-state index contributed by atoms with van der Waals surface area (Å²) in [7, 11) is 2.14. The van der Waals surface area contributed by atoms with Crippen molar-refractivity contribution in [1.82, 2.24) is 10.2 Å². The second-order valence-electron chi connectivity index (χ2n) is 2.56. The summed E-state index contributed by atoms with van der Waals surface area (Å²) in [6.07, 6.45) is 1.97. The van der Waals surface area contributed by atoms with E-state index in [1.165, 1.54) is 0 Å². The van der Waals surface area contributed by atoms with Crippen LogP contribution in [0.25, 0.3) is 0 Å². The third-order valence-corrected chi connectivity index (χ3v) is 1.69. The molecule has 0 amide bonds. The van der Waals surface area contributed by atoms with Crippen molar-refractivity contribution in [2.75, 3.05) is 26.7 Å². The summed E-state index contributed by atoms with van der Waals surface area (Å²) in [6.45, 7) is 7.08. The summed E-state index contributed by atoms with van der Waals surface area (Å²) in [5.41, 5.74) is 0. The average molecular weight is 126 g/mol. The molecule has 2 nitrogen and oxygen atoms in total. The maximum absolute atomic E-state index is 3.73. The molecule has 0 aliphatic carbocycles. The molecule has 0 radical (unpaired) electrons. The van der Waals surface area contributed by atoms with Gasteiger partial charge in [0.1, 0.15) is 0 Å². The number of likely N-dealkylation sites (N-methyl/N-ethyl adjacent to an activating group) is 1. The van der Waals surface area contributed by atoms with Gasteiger partial charge in [0.15, 0.2) is 0 Å². The molecular weight excluding hydrogens is 112 g/mol. The van der Waals surface area contributed by atoms with E-state index in [0.29, 0.717) is 6.04 Å². The van der Waals surface area contributed by atoms with E-state index in [4.69, 9.17) is 0 Å². The topological polar surface area (TPSA) is 15.3 Å². The van der Waals surface area contributed by atoms with Crippen LogP contribution in [0.15, 0.2) is 12.7 Å². The number of piperazine rings is 1. The van der Waals surface area contributed by atoms with Crippen molar-refractivity contribution in [3.05, 3.63) is 12.7 Å². The maximum atomic E-state index is 3.73. The summed E-state index contributed by atoms with van der Waals surface area (Å²) in [4.78, 5) is 2.31. The highest BCUT2D eigenvalue weighted by molar-refractivity contribution is 4.90. The molecule has 1 atom stereocenters. The van der Waals surface area contributed by atoms with Crippen LogP contribution in [0.2, 0.25) is 0 Å². The van der Waals surface area contributed by atoms with Gasteiger partial charge in [-0.25, -0.2) is 0 Å². The Balaban J connectivity index is 2.31. The second kappa shape index (κ2) is 2.99. The molecule has 0 unspecified atom stereocenters. The number of rotatable bonds is 1. The smallest absolute Gasteiger partial charge is 0.0376 e. The van der Waals surface area contributed by atoms with Gasteiger partial charge in [-0.15, -0.1) is 6.58 Å². The van der Waals surface area contributed by atoms with Crippen molar-refractivity contribution in [3.8, 4) is 0 Å². The van der Waals surface area contributed by atoms with E-state index >= 15 is 0 Å². The fourth-order valence-electron chi connectivity index (χ4n) is 1.09. The largest absolute Gasteiger partial charge is 0.308 e. The van der Waals surface area contributed by atoms with Crippen molar-refractivity contribution in [2.45, 2.75) is 6.04 Å². The Morgan fingerprint density at radius 3 is 3.00 bits per heavy atom. The molecule has 1 saturated heterocycles. The van der Waals surface area contributed by atoms with Crippen LogP contribution < -0.4 is 5.32 Å². The van der Waals surface area contributed by atoms with Gasteiger partial charge in [0.2, 0.25) is 0 Å². The van der Waals surface area contributed by atoms with E-state index in [0.717, 1.165) is 19.6 Å². The van der Waals surface area contributed by atoms with Crippen molar-refractivity contribution in [2.24, 2.45) is 0 Å².